The number of nitrogens with two attached hydrogens (primary N) is 1. The SMILES string of the molecule is CC(SCC(=O)Nc1ccc(F)cc1)C(=O)NC(C)(C)CN. The molecule has 22 heavy (non-hydrogen) atoms. The Bertz CT molecular complexity index is 520. The van der Waals surface area contributed by atoms with Crippen molar-refractivity contribution in [2.45, 2.75) is 31.6 Å². The smallest absolute Gasteiger partial charge is 0.234 e. The summed E-state index contributed by atoms with van der Waals surface area (Å²) in [4.78, 5) is 23.8. The van der Waals surface area contributed by atoms with E-state index in [0.29, 0.717) is 12.2 Å². The Morgan fingerprint density at radius 3 is 2.45 bits per heavy atom. The monoisotopic (exact) mass is 327 g/mol. The zero-order valence-electron chi connectivity index (χ0n) is 13.0. The van der Waals surface area contributed by atoms with Crippen molar-refractivity contribution in [3.05, 3.63) is 30.1 Å². The first kappa shape index (κ1) is 18.4. The van der Waals surface area contributed by atoms with Crippen molar-refractivity contribution in [3.63, 3.8) is 0 Å². The van der Waals surface area contributed by atoms with Gasteiger partial charge in [-0.1, -0.05) is 0 Å². The fraction of sp³-hybridized carbons (Fsp3) is 0.467. The highest BCUT2D eigenvalue weighted by molar-refractivity contribution is 8.01. The van der Waals surface area contributed by atoms with E-state index in [9.17, 15) is 14.0 Å². The molecule has 0 aliphatic heterocycles. The van der Waals surface area contributed by atoms with Gasteiger partial charge in [-0.3, -0.25) is 9.59 Å². The topological polar surface area (TPSA) is 84.2 Å². The lowest BCUT2D eigenvalue weighted by Gasteiger charge is -2.26. The maximum absolute atomic E-state index is 12.8. The van der Waals surface area contributed by atoms with E-state index in [-0.39, 0.29) is 28.6 Å². The van der Waals surface area contributed by atoms with Crippen LogP contribution in [0, 0.1) is 5.82 Å². The predicted octanol–water partition coefficient (Wildman–Crippen LogP) is 1.74. The number of benzene rings is 1. The fourth-order valence-electron chi connectivity index (χ4n) is 1.49. The number of rotatable bonds is 7. The minimum atomic E-state index is -0.470. The Balaban J connectivity index is 2.40. The zero-order chi connectivity index (χ0) is 16.8. The van der Waals surface area contributed by atoms with Crippen LogP contribution >= 0.6 is 11.8 Å². The molecule has 1 atom stereocenters. The molecule has 0 aliphatic carbocycles. The molecule has 0 saturated carbocycles. The molecule has 0 bridgehead atoms. The molecule has 1 rings (SSSR count). The quantitative estimate of drug-likeness (QED) is 0.712. The van der Waals surface area contributed by atoms with Crippen molar-refractivity contribution >= 4 is 29.3 Å². The van der Waals surface area contributed by atoms with Crippen LogP contribution < -0.4 is 16.4 Å². The molecule has 0 spiro atoms. The van der Waals surface area contributed by atoms with Gasteiger partial charge in [0.2, 0.25) is 11.8 Å². The molecule has 1 aromatic carbocycles. The van der Waals surface area contributed by atoms with E-state index in [4.69, 9.17) is 5.73 Å². The molecular formula is C15H22FN3O2S. The molecule has 0 saturated heterocycles. The number of nitrogens with one attached hydrogen (secondary N) is 2. The Morgan fingerprint density at radius 2 is 1.91 bits per heavy atom. The normalized spacial score (nSPS) is 12.6. The summed E-state index contributed by atoms with van der Waals surface area (Å²) in [6.07, 6.45) is 0. The van der Waals surface area contributed by atoms with Crippen LogP contribution in [0.5, 0.6) is 0 Å². The van der Waals surface area contributed by atoms with Crippen LogP contribution in [0.3, 0.4) is 0 Å². The summed E-state index contributed by atoms with van der Waals surface area (Å²) in [5, 5.41) is 5.10. The number of carbonyl (C=O) groups is 2. The van der Waals surface area contributed by atoms with Crippen molar-refractivity contribution in [2.24, 2.45) is 5.73 Å². The van der Waals surface area contributed by atoms with Gasteiger partial charge in [-0.15, -0.1) is 11.8 Å². The molecule has 122 valence electrons. The summed E-state index contributed by atoms with van der Waals surface area (Å²) in [5.41, 5.74) is 5.61. The van der Waals surface area contributed by atoms with Gasteiger partial charge in [0.05, 0.1) is 11.0 Å². The van der Waals surface area contributed by atoms with Gasteiger partial charge in [0.25, 0.3) is 0 Å². The zero-order valence-corrected chi connectivity index (χ0v) is 13.8. The van der Waals surface area contributed by atoms with Gasteiger partial charge >= 0.3 is 0 Å². The third-order valence-corrected chi connectivity index (χ3v) is 4.08. The second-order valence-electron chi connectivity index (χ2n) is 5.59. The van der Waals surface area contributed by atoms with Crippen LogP contribution in [-0.2, 0) is 9.59 Å². The number of amides is 2. The van der Waals surface area contributed by atoms with E-state index in [1.165, 1.54) is 36.0 Å². The fourth-order valence-corrected chi connectivity index (χ4v) is 2.18. The molecule has 0 aromatic heterocycles. The summed E-state index contributed by atoms with van der Waals surface area (Å²) in [6.45, 7) is 5.74. The summed E-state index contributed by atoms with van der Waals surface area (Å²) in [6, 6.07) is 5.51. The number of thioether (sulfide) groups is 1. The van der Waals surface area contributed by atoms with Gasteiger partial charge in [0, 0.05) is 17.8 Å². The number of hydrogen-bond acceptors (Lipinski definition) is 4. The average molecular weight is 327 g/mol. The lowest BCUT2D eigenvalue weighted by molar-refractivity contribution is -0.121. The third-order valence-electron chi connectivity index (χ3n) is 2.93. The van der Waals surface area contributed by atoms with Crippen molar-refractivity contribution < 1.29 is 14.0 Å². The molecule has 0 heterocycles. The van der Waals surface area contributed by atoms with E-state index < -0.39 is 5.54 Å². The molecule has 7 heteroatoms. The predicted molar refractivity (Wildman–Crippen MR) is 88.2 cm³/mol. The first-order valence-electron chi connectivity index (χ1n) is 6.92. The first-order valence-corrected chi connectivity index (χ1v) is 7.97. The van der Waals surface area contributed by atoms with Crippen molar-refractivity contribution in [3.8, 4) is 0 Å². The highest BCUT2D eigenvalue weighted by atomic mass is 32.2. The van der Waals surface area contributed by atoms with E-state index in [1.807, 2.05) is 13.8 Å². The Hall–Kier alpha value is -1.60. The highest BCUT2D eigenvalue weighted by Gasteiger charge is 2.22. The molecule has 5 nitrogen and oxygen atoms in total. The van der Waals surface area contributed by atoms with Crippen LogP contribution in [0.2, 0.25) is 0 Å². The maximum Gasteiger partial charge on any atom is 0.234 e. The number of anilines is 1. The van der Waals surface area contributed by atoms with Crippen molar-refractivity contribution in [2.75, 3.05) is 17.6 Å². The number of halogens is 1. The van der Waals surface area contributed by atoms with E-state index in [2.05, 4.69) is 10.6 Å². The Morgan fingerprint density at radius 1 is 1.32 bits per heavy atom. The van der Waals surface area contributed by atoms with Crippen molar-refractivity contribution in [1.29, 1.82) is 0 Å². The average Bonchev–Trinajstić information content (AvgIpc) is 2.46. The second-order valence-corrected chi connectivity index (χ2v) is 6.91. The molecule has 0 radical (unpaired) electrons. The lowest BCUT2D eigenvalue weighted by Crippen LogP contribution is -2.51. The van der Waals surface area contributed by atoms with Crippen LogP contribution in [0.15, 0.2) is 24.3 Å². The van der Waals surface area contributed by atoms with Crippen LogP contribution in [0.25, 0.3) is 0 Å². The lowest BCUT2D eigenvalue weighted by atomic mass is 10.1. The molecular weight excluding hydrogens is 305 g/mol. The van der Waals surface area contributed by atoms with E-state index in [1.54, 1.807) is 6.92 Å². The van der Waals surface area contributed by atoms with Gasteiger partial charge in [0.15, 0.2) is 0 Å². The van der Waals surface area contributed by atoms with Crippen molar-refractivity contribution in [1.82, 2.24) is 5.32 Å². The third kappa shape index (κ3) is 6.44. The van der Waals surface area contributed by atoms with Gasteiger partial charge < -0.3 is 16.4 Å². The van der Waals surface area contributed by atoms with E-state index in [0.717, 1.165) is 0 Å². The molecule has 4 N–H and O–H groups in total. The molecule has 0 aliphatic rings. The standard InChI is InChI=1S/C15H22FN3O2S/c1-10(14(21)19-15(2,3)9-17)22-8-13(20)18-12-6-4-11(16)5-7-12/h4-7,10H,8-9,17H2,1-3H3,(H,18,20)(H,19,21). The minimum Gasteiger partial charge on any atom is -0.349 e. The molecule has 2 amide bonds. The van der Waals surface area contributed by atoms with Gasteiger partial charge in [-0.25, -0.2) is 4.39 Å². The number of carbonyl (C=O) groups excluding carboxylic acids is 2. The largest absolute Gasteiger partial charge is 0.349 e. The summed E-state index contributed by atoms with van der Waals surface area (Å²) in [7, 11) is 0. The van der Waals surface area contributed by atoms with E-state index >= 15 is 0 Å². The summed E-state index contributed by atoms with van der Waals surface area (Å²) >= 11 is 1.23. The number of hydrogen-bond donors (Lipinski definition) is 3. The van der Waals surface area contributed by atoms with Crippen LogP contribution in [-0.4, -0.2) is 34.9 Å². The Kier molecular flexibility index (Phi) is 6.83. The summed E-state index contributed by atoms with van der Waals surface area (Å²) < 4.78 is 12.8. The van der Waals surface area contributed by atoms with Gasteiger partial charge in [-0.2, -0.15) is 0 Å². The molecule has 1 unspecified atom stereocenters. The van der Waals surface area contributed by atoms with Gasteiger partial charge in [-0.05, 0) is 45.0 Å². The maximum atomic E-state index is 12.8. The highest BCUT2D eigenvalue weighted by Crippen LogP contribution is 2.14. The molecule has 0 fully saturated rings. The minimum absolute atomic E-state index is 0.134. The molecule has 1 aromatic rings. The van der Waals surface area contributed by atoms with Crippen LogP contribution in [0.4, 0.5) is 10.1 Å². The van der Waals surface area contributed by atoms with Crippen LogP contribution in [0.1, 0.15) is 20.8 Å². The van der Waals surface area contributed by atoms with Gasteiger partial charge in [0.1, 0.15) is 5.82 Å². The first-order chi connectivity index (χ1) is 10.2. The summed E-state index contributed by atoms with van der Waals surface area (Å²) in [5.74, 6) is -0.626. The second kappa shape index (κ2) is 8.14. The Labute approximate surface area is 134 Å².